The molecule has 19 heavy (non-hydrogen) atoms. The average molecular weight is 276 g/mol. The number of rotatable bonds is 3. The Morgan fingerprint density at radius 1 is 1.32 bits per heavy atom. The molecule has 0 unspecified atom stereocenters. The van der Waals surface area contributed by atoms with Gasteiger partial charge in [-0.1, -0.05) is 18.5 Å². The topological polar surface area (TPSA) is 54.9 Å². The smallest absolute Gasteiger partial charge is 0.274 e. The summed E-state index contributed by atoms with van der Waals surface area (Å²) in [4.78, 5) is 20.1. The van der Waals surface area contributed by atoms with Crippen molar-refractivity contribution >= 4 is 23.2 Å². The molecule has 5 heteroatoms. The monoisotopic (exact) mass is 275 g/mol. The maximum Gasteiger partial charge on any atom is 0.274 e. The van der Waals surface area contributed by atoms with E-state index in [1.54, 1.807) is 18.2 Å². The first-order valence-corrected chi connectivity index (χ1v) is 6.36. The number of aromatic nitrogens is 2. The number of nitrogens with zero attached hydrogens (tertiary/aromatic N) is 2. The molecule has 0 saturated heterocycles. The van der Waals surface area contributed by atoms with E-state index in [0.717, 1.165) is 17.7 Å². The van der Waals surface area contributed by atoms with Crippen LogP contribution >= 0.6 is 11.6 Å². The van der Waals surface area contributed by atoms with Crippen molar-refractivity contribution in [2.75, 3.05) is 5.32 Å². The van der Waals surface area contributed by atoms with Gasteiger partial charge in [0.25, 0.3) is 5.91 Å². The molecule has 1 aromatic heterocycles. The lowest BCUT2D eigenvalue weighted by Gasteiger charge is -2.07. The van der Waals surface area contributed by atoms with E-state index < -0.39 is 0 Å². The molecule has 0 radical (unpaired) electrons. The normalized spacial score (nSPS) is 10.3. The van der Waals surface area contributed by atoms with Crippen LogP contribution in [0.25, 0.3) is 0 Å². The van der Waals surface area contributed by atoms with Crippen molar-refractivity contribution in [1.29, 1.82) is 0 Å². The van der Waals surface area contributed by atoms with Gasteiger partial charge in [-0.25, -0.2) is 9.97 Å². The second kappa shape index (κ2) is 5.80. The second-order valence-electron chi connectivity index (χ2n) is 4.17. The molecule has 0 spiro atoms. The molecule has 1 N–H and O–H groups in total. The number of aryl methyl sites for hydroxylation is 2. The lowest BCUT2D eigenvalue weighted by Crippen LogP contribution is -2.14. The predicted molar refractivity (Wildman–Crippen MR) is 75.6 cm³/mol. The van der Waals surface area contributed by atoms with Gasteiger partial charge in [-0.05, 0) is 43.2 Å². The zero-order valence-electron chi connectivity index (χ0n) is 10.8. The molecule has 1 aromatic carbocycles. The van der Waals surface area contributed by atoms with Gasteiger partial charge in [0.2, 0.25) is 0 Å². The number of benzene rings is 1. The van der Waals surface area contributed by atoms with Crippen LogP contribution in [0.2, 0.25) is 5.02 Å². The largest absolute Gasteiger partial charge is 0.321 e. The van der Waals surface area contributed by atoms with Crippen LogP contribution in [0.15, 0.2) is 30.6 Å². The fourth-order valence-corrected chi connectivity index (χ4v) is 1.75. The summed E-state index contributed by atoms with van der Waals surface area (Å²) in [5.74, 6) is -0.251. The van der Waals surface area contributed by atoms with E-state index in [4.69, 9.17) is 11.6 Å². The summed E-state index contributed by atoms with van der Waals surface area (Å²) in [6.07, 6.45) is 2.17. The van der Waals surface area contributed by atoms with E-state index in [9.17, 15) is 4.79 Å². The number of carbonyl (C=O) groups excluding carboxylic acids is 1. The van der Waals surface area contributed by atoms with Crippen LogP contribution in [0.5, 0.6) is 0 Å². The van der Waals surface area contributed by atoms with Crippen molar-refractivity contribution in [2.45, 2.75) is 20.3 Å². The minimum atomic E-state index is -0.251. The first-order chi connectivity index (χ1) is 9.10. The molecule has 0 aliphatic carbocycles. The van der Waals surface area contributed by atoms with Crippen molar-refractivity contribution in [1.82, 2.24) is 9.97 Å². The summed E-state index contributed by atoms with van der Waals surface area (Å²) < 4.78 is 0. The van der Waals surface area contributed by atoms with Gasteiger partial charge in [0, 0.05) is 16.4 Å². The fraction of sp³-hybridized carbons (Fsp3) is 0.214. The minimum Gasteiger partial charge on any atom is -0.321 e. The van der Waals surface area contributed by atoms with Crippen LogP contribution in [-0.4, -0.2) is 15.9 Å². The van der Waals surface area contributed by atoms with Crippen LogP contribution < -0.4 is 5.32 Å². The summed E-state index contributed by atoms with van der Waals surface area (Å²) in [6, 6.07) is 7.03. The van der Waals surface area contributed by atoms with Crippen LogP contribution in [-0.2, 0) is 6.42 Å². The SMILES string of the molecule is CCc1cc(C(=O)Nc2ccc(Cl)c(C)c2)ncn1. The number of amides is 1. The van der Waals surface area contributed by atoms with Crippen molar-refractivity contribution in [3.05, 3.63) is 52.6 Å². The predicted octanol–water partition coefficient (Wildman–Crippen LogP) is 3.25. The summed E-state index contributed by atoms with van der Waals surface area (Å²) in [6.45, 7) is 3.87. The Kier molecular flexibility index (Phi) is 4.12. The highest BCUT2D eigenvalue weighted by atomic mass is 35.5. The lowest BCUT2D eigenvalue weighted by molar-refractivity contribution is 0.102. The molecule has 98 valence electrons. The van der Waals surface area contributed by atoms with E-state index in [0.29, 0.717) is 16.4 Å². The lowest BCUT2D eigenvalue weighted by atomic mass is 10.2. The first kappa shape index (κ1) is 13.5. The Labute approximate surface area is 116 Å². The van der Waals surface area contributed by atoms with Gasteiger partial charge in [0.1, 0.15) is 12.0 Å². The highest BCUT2D eigenvalue weighted by molar-refractivity contribution is 6.31. The van der Waals surface area contributed by atoms with Crippen LogP contribution in [0.1, 0.15) is 28.7 Å². The summed E-state index contributed by atoms with van der Waals surface area (Å²) in [5.41, 5.74) is 2.81. The zero-order valence-corrected chi connectivity index (χ0v) is 11.5. The third-order valence-electron chi connectivity index (χ3n) is 2.73. The van der Waals surface area contributed by atoms with Gasteiger partial charge in [-0.3, -0.25) is 4.79 Å². The zero-order chi connectivity index (χ0) is 13.8. The van der Waals surface area contributed by atoms with Crippen molar-refractivity contribution in [3.63, 3.8) is 0 Å². The van der Waals surface area contributed by atoms with Crippen LogP contribution in [0, 0.1) is 6.92 Å². The maximum absolute atomic E-state index is 12.0. The van der Waals surface area contributed by atoms with Gasteiger partial charge in [-0.2, -0.15) is 0 Å². The number of nitrogens with one attached hydrogen (secondary N) is 1. The van der Waals surface area contributed by atoms with Crippen LogP contribution in [0.4, 0.5) is 5.69 Å². The number of halogens is 1. The molecule has 0 fully saturated rings. The number of hydrogen-bond donors (Lipinski definition) is 1. The van der Waals surface area contributed by atoms with Crippen molar-refractivity contribution in [3.8, 4) is 0 Å². The maximum atomic E-state index is 12.0. The third kappa shape index (κ3) is 3.29. The number of hydrogen-bond acceptors (Lipinski definition) is 3. The van der Waals surface area contributed by atoms with Gasteiger partial charge < -0.3 is 5.32 Å². The number of anilines is 1. The van der Waals surface area contributed by atoms with E-state index in [1.165, 1.54) is 6.33 Å². The van der Waals surface area contributed by atoms with Gasteiger partial charge >= 0.3 is 0 Å². The first-order valence-electron chi connectivity index (χ1n) is 5.98. The van der Waals surface area contributed by atoms with Crippen molar-refractivity contribution < 1.29 is 4.79 Å². The molecule has 1 heterocycles. The quantitative estimate of drug-likeness (QED) is 0.935. The summed E-state index contributed by atoms with van der Waals surface area (Å²) in [5, 5.41) is 3.46. The Hall–Kier alpha value is -1.94. The molecule has 0 aliphatic rings. The number of carbonyl (C=O) groups is 1. The summed E-state index contributed by atoms with van der Waals surface area (Å²) in [7, 11) is 0. The van der Waals surface area contributed by atoms with Crippen LogP contribution in [0.3, 0.4) is 0 Å². The molecule has 0 atom stereocenters. The molecule has 1 amide bonds. The van der Waals surface area contributed by atoms with Gasteiger partial charge in [0.15, 0.2) is 0 Å². The van der Waals surface area contributed by atoms with Gasteiger partial charge in [-0.15, -0.1) is 0 Å². The highest BCUT2D eigenvalue weighted by Crippen LogP contribution is 2.19. The summed E-state index contributed by atoms with van der Waals surface area (Å²) >= 11 is 5.94. The second-order valence-corrected chi connectivity index (χ2v) is 4.57. The molecule has 2 rings (SSSR count). The van der Waals surface area contributed by atoms with E-state index >= 15 is 0 Å². The molecule has 0 bridgehead atoms. The fourth-order valence-electron chi connectivity index (χ4n) is 1.63. The third-order valence-corrected chi connectivity index (χ3v) is 3.16. The Morgan fingerprint density at radius 2 is 2.11 bits per heavy atom. The highest BCUT2D eigenvalue weighted by Gasteiger charge is 2.09. The molecular formula is C14H14ClN3O. The van der Waals surface area contributed by atoms with E-state index in [2.05, 4.69) is 15.3 Å². The van der Waals surface area contributed by atoms with Gasteiger partial charge in [0.05, 0.1) is 0 Å². The standard InChI is InChI=1S/C14H14ClN3O/c1-3-10-7-13(17-8-16-10)14(19)18-11-4-5-12(15)9(2)6-11/h4-8H,3H2,1-2H3,(H,18,19). The molecule has 0 saturated carbocycles. The molecule has 4 nitrogen and oxygen atoms in total. The minimum absolute atomic E-state index is 0.251. The Bertz CT molecular complexity index is 613. The van der Waals surface area contributed by atoms with Crippen molar-refractivity contribution in [2.24, 2.45) is 0 Å². The molecule has 0 aliphatic heterocycles. The van der Waals surface area contributed by atoms with E-state index in [-0.39, 0.29) is 5.91 Å². The Morgan fingerprint density at radius 3 is 2.79 bits per heavy atom. The molecule has 2 aromatic rings. The van der Waals surface area contributed by atoms with E-state index in [1.807, 2.05) is 19.9 Å². The molecular weight excluding hydrogens is 262 g/mol. The Balaban J connectivity index is 2.18. The average Bonchev–Trinajstić information content (AvgIpc) is 2.43.